The molecule has 1 aliphatic heterocycles. The van der Waals surface area contributed by atoms with Crippen LogP contribution in [0.2, 0.25) is 0 Å². The highest BCUT2D eigenvalue weighted by Gasteiger charge is 2.22. The van der Waals surface area contributed by atoms with Gasteiger partial charge in [0.25, 0.3) is 0 Å². The zero-order chi connectivity index (χ0) is 7.56. The van der Waals surface area contributed by atoms with Gasteiger partial charge in [-0.2, -0.15) is 0 Å². The molecular weight excluding hydrogens is 128 g/mol. The zero-order valence-electron chi connectivity index (χ0n) is 6.34. The van der Waals surface area contributed by atoms with Gasteiger partial charge in [0.15, 0.2) is 0 Å². The minimum Gasteiger partial charge on any atom is -0.343 e. The molecule has 0 bridgehead atoms. The maximum absolute atomic E-state index is 10.8. The van der Waals surface area contributed by atoms with Crippen molar-refractivity contribution >= 4 is 5.91 Å². The Kier molecular flexibility index (Phi) is 2.27. The van der Waals surface area contributed by atoms with Gasteiger partial charge in [-0.05, 0) is 18.9 Å². The van der Waals surface area contributed by atoms with Crippen LogP contribution in [0, 0.1) is 5.92 Å². The third-order valence-corrected chi connectivity index (χ3v) is 2.06. The number of hydrogen-bond acceptors (Lipinski definition) is 2. The quantitative estimate of drug-likeness (QED) is 0.551. The molecule has 1 atom stereocenters. The summed E-state index contributed by atoms with van der Waals surface area (Å²) in [6.07, 6.45) is 1.08. The molecule has 10 heavy (non-hydrogen) atoms. The van der Waals surface area contributed by atoms with E-state index in [0.29, 0.717) is 12.5 Å². The summed E-state index contributed by atoms with van der Waals surface area (Å²) in [5.74, 6) is 0.722. The van der Waals surface area contributed by atoms with E-state index in [1.807, 2.05) is 4.90 Å². The summed E-state index contributed by atoms with van der Waals surface area (Å²) < 4.78 is 0. The predicted molar refractivity (Wildman–Crippen MR) is 39.4 cm³/mol. The van der Waals surface area contributed by atoms with Crippen LogP contribution in [-0.2, 0) is 4.79 Å². The van der Waals surface area contributed by atoms with Crippen molar-refractivity contribution in [1.82, 2.24) is 4.90 Å². The summed E-state index contributed by atoms with van der Waals surface area (Å²) in [6, 6.07) is 0. The largest absolute Gasteiger partial charge is 0.343 e. The van der Waals surface area contributed by atoms with E-state index in [2.05, 4.69) is 0 Å². The van der Waals surface area contributed by atoms with E-state index < -0.39 is 0 Å². The molecule has 1 rings (SSSR count). The van der Waals surface area contributed by atoms with Gasteiger partial charge >= 0.3 is 0 Å². The zero-order valence-corrected chi connectivity index (χ0v) is 6.34. The lowest BCUT2D eigenvalue weighted by molar-refractivity contribution is -0.127. The van der Waals surface area contributed by atoms with Crippen molar-refractivity contribution in [2.75, 3.05) is 19.6 Å². The summed E-state index contributed by atoms with van der Waals surface area (Å²) in [6.45, 7) is 4.09. The maximum atomic E-state index is 10.8. The number of nitrogens with two attached hydrogens (primary N) is 1. The Hall–Kier alpha value is -0.570. The number of likely N-dealkylation sites (tertiary alicyclic amines) is 1. The van der Waals surface area contributed by atoms with Crippen LogP contribution in [0.4, 0.5) is 0 Å². The molecule has 1 saturated heterocycles. The lowest BCUT2D eigenvalue weighted by atomic mass is 10.1. The molecule has 0 radical (unpaired) electrons. The molecule has 0 aliphatic carbocycles. The summed E-state index contributed by atoms with van der Waals surface area (Å²) in [5, 5.41) is 0. The lowest BCUT2D eigenvalue weighted by Gasteiger charge is -2.12. The highest BCUT2D eigenvalue weighted by molar-refractivity contribution is 5.73. The molecule has 0 aromatic carbocycles. The molecule has 0 aromatic heterocycles. The fourth-order valence-corrected chi connectivity index (χ4v) is 1.31. The second kappa shape index (κ2) is 3.01. The van der Waals surface area contributed by atoms with E-state index in [9.17, 15) is 4.79 Å². The predicted octanol–water partition coefficient (Wildman–Crippen LogP) is -0.187. The average Bonchev–Trinajstić information content (AvgIpc) is 2.34. The fraction of sp³-hybridized carbons (Fsp3) is 0.857. The Bertz CT molecular complexity index is 136. The number of nitrogens with zero attached hydrogens (tertiary/aromatic N) is 1. The Morgan fingerprint density at radius 1 is 1.80 bits per heavy atom. The molecule has 0 unspecified atom stereocenters. The van der Waals surface area contributed by atoms with Gasteiger partial charge in [-0.1, -0.05) is 0 Å². The first-order chi connectivity index (χ1) is 4.74. The van der Waals surface area contributed by atoms with Gasteiger partial charge in [-0.25, -0.2) is 0 Å². The van der Waals surface area contributed by atoms with E-state index in [1.165, 1.54) is 0 Å². The van der Waals surface area contributed by atoms with Crippen molar-refractivity contribution < 1.29 is 4.79 Å². The molecule has 0 aromatic rings. The second-order valence-corrected chi connectivity index (χ2v) is 2.86. The monoisotopic (exact) mass is 142 g/mol. The summed E-state index contributed by atoms with van der Waals surface area (Å²) in [5.41, 5.74) is 5.46. The highest BCUT2D eigenvalue weighted by Crippen LogP contribution is 2.13. The number of hydrogen-bond donors (Lipinski definition) is 1. The van der Waals surface area contributed by atoms with E-state index in [4.69, 9.17) is 5.73 Å². The van der Waals surface area contributed by atoms with Gasteiger partial charge in [-0.3, -0.25) is 4.79 Å². The molecule has 1 aliphatic rings. The Labute approximate surface area is 61.2 Å². The van der Waals surface area contributed by atoms with Crippen LogP contribution in [0.15, 0.2) is 0 Å². The van der Waals surface area contributed by atoms with Gasteiger partial charge in [0.05, 0.1) is 0 Å². The summed E-state index contributed by atoms with van der Waals surface area (Å²) >= 11 is 0. The van der Waals surface area contributed by atoms with Crippen LogP contribution < -0.4 is 5.73 Å². The van der Waals surface area contributed by atoms with E-state index in [1.54, 1.807) is 6.92 Å². The van der Waals surface area contributed by atoms with Gasteiger partial charge in [0, 0.05) is 20.0 Å². The number of carbonyl (C=O) groups is 1. The van der Waals surface area contributed by atoms with Crippen LogP contribution in [0.25, 0.3) is 0 Å². The van der Waals surface area contributed by atoms with Gasteiger partial charge in [0.2, 0.25) is 5.91 Å². The first kappa shape index (κ1) is 7.54. The SMILES string of the molecule is CC(=O)N1CC[C@@H](CN)C1. The van der Waals surface area contributed by atoms with Crippen LogP contribution in [-0.4, -0.2) is 30.4 Å². The molecular formula is C7H14N2O. The van der Waals surface area contributed by atoms with Crippen LogP contribution in [0.5, 0.6) is 0 Å². The summed E-state index contributed by atoms with van der Waals surface area (Å²) in [7, 11) is 0. The van der Waals surface area contributed by atoms with Gasteiger partial charge in [0.1, 0.15) is 0 Å². The van der Waals surface area contributed by atoms with E-state index in [-0.39, 0.29) is 5.91 Å². The number of rotatable bonds is 1. The molecule has 1 heterocycles. The number of carbonyl (C=O) groups excluding carboxylic acids is 1. The molecule has 3 heteroatoms. The van der Waals surface area contributed by atoms with Crippen molar-refractivity contribution in [2.45, 2.75) is 13.3 Å². The standard InChI is InChI=1S/C7H14N2O/c1-6(10)9-3-2-7(4-8)5-9/h7H,2-5,8H2,1H3/t7-/m0/s1. The molecule has 3 nitrogen and oxygen atoms in total. The topological polar surface area (TPSA) is 46.3 Å². The van der Waals surface area contributed by atoms with E-state index in [0.717, 1.165) is 19.5 Å². The first-order valence-electron chi connectivity index (χ1n) is 3.69. The molecule has 2 N–H and O–H groups in total. The smallest absolute Gasteiger partial charge is 0.219 e. The molecule has 58 valence electrons. The maximum Gasteiger partial charge on any atom is 0.219 e. The average molecular weight is 142 g/mol. The summed E-state index contributed by atoms with van der Waals surface area (Å²) in [4.78, 5) is 12.7. The normalized spacial score (nSPS) is 25.4. The van der Waals surface area contributed by atoms with Crippen molar-refractivity contribution in [3.05, 3.63) is 0 Å². The fourth-order valence-electron chi connectivity index (χ4n) is 1.31. The molecule has 0 saturated carbocycles. The van der Waals surface area contributed by atoms with Gasteiger partial charge < -0.3 is 10.6 Å². The van der Waals surface area contributed by atoms with Gasteiger partial charge in [-0.15, -0.1) is 0 Å². The minimum atomic E-state index is 0.177. The van der Waals surface area contributed by atoms with Crippen LogP contribution in [0.3, 0.4) is 0 Å². The van der Waals surface area contributed by atoms with Crippen molar-refractivity contribution in [3.8, 4) is 0 Å². The van der Waals surface area contributed by atoms with Crippen molar-refractivity contribution in [3.63, 3.8) is 0 Å². The third-order valence-electron chi connectivity index (χ3n) is 2.06. The molecule has 1 amide bonds. The van der Waals surface area contributed by atoms with Crippen LogP contribution in [0.1, 0.15) is 13.3 Å². The number of amides is 1. The Balaban J connectivity index is 2.35. The van der Waals surface area contributed by atoms with Crippen molar-refractivity contribution in [1.29, 1.82) is 0 Å². The Morgan fingerprint density at radius 2 is 2.50 bits per heavy atom. The lowest BCUT2D eigenvalue weighted by Crippen LogP contribution is -2.27. The molecule has 0 spiro atoms. The minimum absolute atomic E-state index is 0.177. The highest BCUT2D eigenvalue weighted by atomic mass is 16.2. The third kappa shape index (κ3) is 1.48. The van der Waals surface area contributed by atoms with Crippen molar-refractivity contribution in [2.24, 2.45) is 11.7 Å². The van der Waals surface area contributed by atoms with Crippen LogP contribution >= 0.6 is 0 Å². The Morgan fingerprint density at radius 3 is 2.80 bits per heavy atom. The van der Waals surface area contributed by atoms with E-state index >= 15 is 0 Å². The first-order valence-corrected chi connectivity index (χ1v) is 3.69. The molecule has 1 fully saturated rings. The second-order valence-electron chi connectivity index (χ2n) is 2.86.